The van der Waals surface area contributed by atoms with E-state index in [0.717, 1.165) is 0 Å². The third-order valence-electron chi connectivity index (χ3n) is 3.19. The number of likely N-dealkylation sites (N-methyl/N-ethyl adjacent to an activating group) is 1. The van der Waals surface area contributed by atoms with Crippen molar-refractivity contribution in [3.05, 3.63) is 11.8 Å². The molecule has 0 spiro atoms. The molecule has 2 N–H and O–H groups in total. The van der Waals surface area contributed by atoms with Crippen LogP contribution in [0.1, 0.15) is 6.42 Å². The molecule has 1 aliphatic heterocycles. The predicted molar refractivity (Wildman–Crippen MR) is 72.5 cm³/mol. The molecule has 0 unspecified atom stereocenters. The van der Waals surface area contributed by atoms with Gasteiger partial charge >= 0.3 is 12.1 Å². The summed E-state index contributed by atoms with van der Waals surface area (Å²) >= 11 is 0. The van der Waals surface area contributed by atoms with E-state index in [1.807, 2.05) is 0 Å². The van der Waals surface area contributed by atoms with Gasteiger partial charge in [-0.3, -0.25) is 4.79 Å². The first-order chi connectivity index (χ1) is 10.1. The number of alkyl halides is 3. The van der Waals surface area contributed by atoms with Crippen LogP contribution in [0.3, 0.4) is 0 Å². The van der Waals surface area contributed by atoms with E-state index < -0.39 is 23.8 Å². The minimum absolute atomic E-state index is 0.109. The number of nitrogens with zero attached hydrogens (tertiary/aromatic N) is 2. The van der Waals surface area contributed by atoms with Crippen molar-refractivity contribution in [2.45, 2.75) is 12.6 Å². The van der Waals surface area contributed by atoms with Crippen LogP contribution in [0.5, 0.6) is 0 Å². The van der Waals surface area contributed by atoms with Crippen molar-refractivity contribution in [3.8, 4) is 0 Å². The van der Waals surface area contributed by atoms with E-state index in [1.54, 1.807) is 19.0 Å². The zero-order valence-corrected chi connectivity index (χ0v) is 12.5. The lowest BCUT2D eigenvalue weighted by atomic mass is 10.1. The lowest BCUT2D eigenvalue weighted by Crippen LogP contribution is -2.35. The Morgan fingerprint density at radius 3 is 2.50 bits per heavy atom. The summed E-state index contributed by atoms with van der Waals surface area (Å²) in [5.41, 5.74) is 5.52. The molecule has 1 saturated heterocycles. The number of likely N-dealkylation sites (tertiary alicyclic amines) is 1. The van der Waals surface area contributed by atoms with Gasteiger partial charge < -0.3 is 20.3 Å². The Kier molecular flexibility index (Phi) is 6.36. The first kappa shape index (κ1) is 18.4. The Labute approximate surface area is 126 Å². The average molecular weight is 323 g/mol. The molecule has 6 nitrogen and oxygen atoms in total. The predicted octanol–water partition coefficient (Wildman–Crippen LogP) is 0.345. The first-order valence-corrected chi connectivity index (χ1v) is 6.78. The lowest BCUT2D eigenvalue weighted by Gasteiger charge is -2.19. The zero-order chi connectivity index (χ0) is 16.9. The van der Waals surface area contributed by atoms with Crippen LogP contribution in [0.2, 0.25) is 0 Å². The Balaban J connectivity index is 2.84. The van der Waals surface area contributed by atoms with Gasteiger partial charge in [-0.1, -0.05) is 0 Å². The molecule has 0 saturated carbocycles. The van der Waals surface area contributed by atoms with E-state index in [0.29, 0.717) is 26.1 Å². The molecule has 0 aromatic carbocycles. The lowest BCUT2D eigenvalue weighted by molar-refractivity contribution is -0.196. The number of rotatable bonds is 5. The second-order valence-electron chi connectivity index (χ2n) is 5.36. The van der Waals surface area contributed by atoms with Crippen molar-refractivity contribution in [1.82, 2.24) is 9.80 Å². The highest BCUT2D eigenvalue weighted by molar-refractivity contribution is 5.94. The molecule has 1 amide bonds. The molecule has 0 aromatic heterocycles. The summed E-state index contributed by atoms with van der Waals surface area (Å²) in [6, 6.07) is 0. The third kappa shape index (κ3) is 5.30. The topological polar surface area (TPSA) is 75.9 Å². The SMILES string of the molecule is CN(C)C/C=C(/OC(=O)C(F)(F)F)C(=O)N1CC[C@H](CN)C1. The fourth-order valence-corrected chi connectivity index (χ4v) is 1.96. The second-order valence-corrected chi connectivity index (χ2v) is 5.36. The van der Waals surface area contributed by atoms with Gasteiger partial charge in [0, 0.05) is 19.6 Å². The minimum atomic E-state index is -5.15. The van der Waals surface area contributed by atoms with E-state index in [1.165, 1.54) is 11.0 Å². The highest BCUT2D eigenvalue weighted by Gasteiger charge is 2.43. The molecular formula is C13H20F3N3O3. The van der Waals surface area contributed by atoms with Crippen molar-refractivity contribution in [1.29, 1.82) is 0 Å². The van der Waals surface area contributed by atoms with Gasteiger partial charge in [-0.15, -0.1) is 0 Å². The molecule has 1 heterocycles. The maximum atomic E-state index is 12.3. The van der Waals surface area contributed by atoms with E-state index in [4.69, 9.17) is 5.73 Å². The van der Waals surface area contributed by atoms with Gasteiger partial charge in [-0.2, -0.15) is 13.2 Å². The third-order valence-corrected chi connectivity index (χ3v) is 3.19. The standard InChI is InChI=1S/C13H20F3N3O3/c1-18(2)5-4-10(22-12(21)13(14,15)16)11(20)19-6-3-9(7-17)8-19/h4,9H,3,5-8,17H2,1-2H3/b10-4+/t9-/m1/s1. The van der Waals surface area contributed by atoms with Crippen LogP contribution < -0.4 is 5.73 Å². The minimum Gasteiger partial charge on any atom is -0.414 e. The number of amides is 1. The Bertz CT molecular complexity index is 450. The number of hydrogen-bond acceptors (Lipinski definition) is 5. The van der Waals surface area contributed by atoms with Gasteiger partial charge in [0.05, 0.1) is 0 Å². The molecule has 126 valence electrons. The summed E-state index contributed by atoms with van der Waals surface area (Å²) in [6.45, 7) is 1.28. The number of hydrogen-bond donors (Lipinski definition) is 1. The number of ether oxygens (including phenoxy) is 1. The molecular weight excluding hydrogens is 303 g/mol. The molecule has 1 fully saturated rings. The molecule has 0 radical (unpaired) electrons. The van der Waals surface area contributed by atoms with E-state index in [-0.39, 0.29) is 12.5 Å². The Hall–Kier alpha value is -1.61. The summed E-state index contributed by atoms with van der Waals surface area (Å²) in [5, 5.41) is 0. The van der Waals surface area contributed by atoms with Gasteiger partial charge in [-0.25, -0.2) is 4.79 Å². The van der Waals surface area contributed by atoms with Gasteiger partial charge in [0.15, 0.2) is 5.76 Å². The van der Waals surface area contributed by atoms with Crippen molar-refractivity contribution in [2.24, 2.45) is 11.7 Å². The van der Waals surface area contributed by atoms with Gasteiger partial charge in [0.25, 0.3) is 5.91 Å². The quantitative estimate of drug-likeness (QED) is 0.449. The zero-order valence-electron chi connectivity index (χ0n) is 12.5. The highest BCUT2D eigenvalue weighted by atomic mass is 19.4. The van der Waals surface area contributed by atoms with Gasteiger partial charge in [0.1, 0.15) is 0 Å². The molecule has 0 aliphatic carbocycles. The fraction of sp³-hybridized carbons (Fsp3) is 0.692. The monoisotopic (exact) mass is 323 g/mol. The normalized spacial score (nSPS) is 19.7. The van der Waals surface area contributed by atoms with E-state index in [2.05, 4.69) is 4.74 Å². The number of carbonyl (C=O) groups is 2. The number of carbonyl (C=O) groups excluding carboxylic acids is 2. The average Bonchev–Trinajstić information content (AvgIpc) is 2.89. The van der Waals surface area contributed by atoms with Crippen LogP contribution in [0.15, 0.2) is 11.8 Å². The van der Waals surface area contributed by atoms with Crippen LogP contribution in [0.25, 0.3) is 0 Å². The molecule has 22 heavy (non-hydrogen) atoms. The molecule has 0 aromatic rings. The molecule has 9 heteroatoms. The van der Waals surface area contributed by atoms with E-state index in [9.17, 15) is 22.8 Å². The molecule has 1 aliphatic rings. The summed E-state index contributed by atoms with van der Waals surface area (Å²) < 4.78 is 41.2. The van der Waals surface area contributed by atoms with Gasteiger partial charge in [0.2, 0.25) is 0 Å². The molecule has 1 rings (SSSR count). The fourth-order valence-electron chi connectivity index (χ4n) is 1.96. The van der Waals surface area contributed by atoms with Crippen LogP contribution in [0.4, 0.5) is 13.2 Å². The second kappa shape index (κ2) is 7.59. The number of esters is 1. The largest absolute Gasteiger partial charge is 0.491 e. The van der Waals surface area contributed by atoms with Crippen LogP contribution in [0, 0.1) is 5.92 Å². The smallest absolute Gasteiger partial charge is 0.414 e. The molecule has 0 bridgehead atoms. The van der Waals surface area contributed by atoms with Crippen molar-refractivity contribution in [2.75, 3.05) is 40.3 Å². The Morgan fingerprint density at radius 2 is 2.05 bits per heavy atom. The van der Waals surface area contributed by atoms with Crippen molar-refractivity contribution >= 4 is 11.9 Å². The summed E-state index contributed by atoms with van der Waals surface area (Å²) in [5.74, 6) is -3.62. The van der Waals surface area contributed by atoms with Crippen molar-refractivity contribution in [3.63, 3.8) is 0 Å². The summed E-state index contributed by atoms with van der Waals surface area (Å²) in [4.78, 5) is 26.2. The van der Waals surface area contributed by atoms with Crippen LogP contribution in [-0.2, 0) is 14.3 Å². The first-order valence-electron chi connectivity index (χ1n) is 6.78. The molecule has 1 atom stereocenters. The number of halogens is 3. The Morgan fingerprint density at radius 1 is 1.41 bits per heavy atom. The highest BCUT2D eigenvalue weighted by Crippen LogP contribution is 2.21. The van der Waals surface area contributed by atoms with E-state index >= 15 is 0 Å². The summed E-state index contributed by atoms with van der Waals surface area (Å²) in [6.07, 6.45) is -3.31. The summed E-state index contributed by atoms with van der Waals surface area (Å²) in [7, 11) is 3.34. The van der Waals surface area contributed by atoms with Crippen LogP contribution in [-0.4, -0.2) is 68.1 Å². The maximum absolute atomic E-state index is 12.3. The van der Waals surface area contributed by atoms with Crippen molar-refractivity contribution < 1.29 is 27.5 Å². The van der Waals surface area contributed by atoms with Gasteiger partial charge in [-0.05, 0) is 39.1 Å². The van der Waals surface area contributed by atoms with Crippen LogP contribution >= 0.6 is 0 Å². The maximum Gasteiger partial charge on any atom is 0.491 e. The number of nitrogens with two attached hydrogens (primary N) is 1.